The van der Waals surface area contributed by atoms with Crippen molar-refractivity contribution in [3.63, 3.8) is 0 Å². The van der Waals surface area contributed by atoms with Crippen LogP contribution in [0.2, 0.25) is 0 Å². The van der Waals surface area contributed by atoms with Crippen molar-refractivity contribution in [3.8, 4) is 22.6 Å². The summed E-state index contributed by atoms with van der Waals surface area (Å²) in [6.45, 7) is 7.73. The Morgan fingerprint density at radius 3 is 2.47 bits per heavy atom. The number of amides is 1. The molecule has 6 heteroatoms. The van der Waals surface area contributed by atoms with Crippen LogP contribution >= 0.6 is 0 Å². The fourth-order valence-corrected chi connectivity index (χ4v) is 4.20. The second kappa shape index (κ2) is 10.5. The zero-order valence-electron chi connectivity index (χ0n) is 21.1. The molecule has 0 aliphatic rings. The summed E-state index contributed by atoms with van der Waals surface area (Å²) in [6.07, 6.45) is 3.28. The molecule has 0 radical (unpaired) electrons. The summed E-state index contributed by atoms with van der Waals surface area (Å²) in [5, 5.41) is 3.77. The molecule has 184 valence electrons. The highest BCUT2D eigenvalue weighted by atomic mass is 16.5. The van der Waals surface area contributed by atoms with E-state index in [1.165, 1.54) is 13.0 Å². The van der Waals surface area contributed by atoms with E-state index in [0.29, 0.717) is 23.6 Å². The van der Waals surface area contributed by atoms with E-state index < -0.39 is 0 Å². The third-order valence-electron chi connectivity index (χ3n) is 6.04. The molecule has 0 fully saturated rings. The molecule has 3 aromatic carbocycles. The second-order valence-corrected chi connectivity index (χ2v) is 8.52. The molecule has 1 amide bonds. The number of carbonyl (C=O) groups excluding carboxylic acids is 2. The van der Waals surface area contributed by atoms with Gasteiger partial charge < -0.3 is 19.2 Å². The molecule has 0 atom stereocenters. The Bertz CT molecular complexity index is 1460. The number of carbonyl (C=O) groups is 2. The summed E-state index contributed by atoms with van der Waals surface area (Å²) in [7, 11) is 1.64. The molecule has 4 aromatic rings. The van der Waals surface area contributed by atoms with Crippen molar-refractivity contribution in [3.05, 3.63) is 83.6 Å². The van der Waals surface area contributed by atoms with Gasteiger partial charge >= 0.3 is 0 Å². The molecule has 0 aliphatic carbocycles. The summed E-state index contributed by atoms with van der Waals surface area (Å²) < 4.78 is 17.2. The van der Waals surface area contributed by atoms with Crippen LogP contribution in [0.25, 0.3) is 27.7 Å². The molecule has 36 heavy (non-hydrogen) atoms. The van der Waals surface area contributed by atoms with E-state index >= 15 is 0 Å². The highest BCUT2D eigenvalue weighted by Crippen LogP contribution is 2.41. The van der Waals surface area contributed by atoms with Crippen LogP contribution in [-0.2, 0) is 4.79 Å². The molecule has 0 spiro atoms. The highest BCUT2D eigenvalue weighted by molar-refractivity contribution is 6.06. The Balaban J connectivity index is 1.74. The van der Waals surface area contributed by atoms with Crippen molar-refractivity contribution in [2.75, 3.05) is 19.0 Å². The highest BCUT2D eigenvalue weighted by Gasteiger charge is 2.19. The third-order valence-corrected chi connectivity index (χ3v) is 6.04. The molecule has 0 bridgehead atoms. The molecular formula is C30H29NO5. The van der Waals surface area contributed by atoms with Crippen molar-refractivity contribution in [2.45, 2.75) is 27.7 Å². The molecule has 0 saturated carbocycles. The van der Waals surface area contributed by atoms with Crippen molar-refractivity contribution >= 4 is 33.9 Å². The minimum absolute atomic E-state index is 0.0595. The maximum Gasteiger partial charge on any atom is 0.248 e. The molecule has 0 unspecified atom stereocenters. The number of ketones is 1. The van der Waals surface area contributed by atoms with Gasteiger partial charge in [0, 0.05) is 39.4 Å². The van der Waals surface area contributed by atoms with Crippen molar-refractivity contribution < 1.29 is 23.5 Å². The van der Waals surface area contributed by atoms with Gasteiger partial charge in [-0.25, -0.2) is 0 Å². The van der Waals surface area contributed by atoms with Crippen molar-refractivity contribution in [2.24, 2.45) is 0 Å². The van der Waals surface area contributed by atoms with E-state index in [9.17, 15) is 9.59 Å². The largest absolute Gasteiger partial charge is 0.497 e. The number of furan rings is 1. The Morgan fingerprint density at radius 2 is 1.81 bits per heavy atom. The minimum Gasteiger partial charge on any atom is -0.497 e. The van der Waals surface area contributed by atoms with Crippen LogP contribution in [0.5, 0.6) is 11.5 Å². The van der Waals surface area contributed by atoms with Crippen molar-refractivity contribution in [1.29, 1.82) is 0 Å². The van der Waals surface area contributed by atoms with Gasteiger partial charge in [0.1, 0.15) is 17.1 Å². The number of fused-ring (bicyclic) bond motifs is 1. The first kappa shape index (κ1) is 24.8. The summed E-state index contributed by atoms with van der Waals surface area (Å²) >= 11 is 0. The van der Waals surface area contributed by atoms with E-state index in [1.807, 2.05) is 51.1 Å². The smallest absolute Gasteiger partial charge is 0.248 e. The van der Waals surface area contributed by atoms with E-state index in [4.69, 9.17) is 13.9 Å². The van der Waals surface area contributed by atoms with Crippen LogP contribution in [0.4, 0.5) is 5.69 Å². The first-order valence-corrected chi connectivity index (χ1v) is 11.7. The summed E-state index contributed by atoms with van der Waals surface area (Å²) in [6, 6.07) is 16.7. The van der Waals surface area contributed by atoms with Crippen LogP contribution in [0, 0.1) is 6.92 Å². The normalized spacial score (nSPS) is 11.4. The lowest BCUT2D eigenvalue weighted by Gasteiger charge is -2.15. The first-order chi connectivity index (χ1) is 17.3. The van der Waals surface area contributed by atoms with Gasteiger partial charge in [-0.3, -0.25) is 9.59 Å². The van der Waals surface area contributed by atoms with Gasteiger partial charge in [0.05, 0.1) is 20.0 Å². The SMILES string of the molecule is CCOc1c(/C(C)=C/C(=O)Nc2cccc(C(C)=O)c2)cc2c(-c3ccc(OC)cc3)coc2c1C. The number of hydrogen-bond donors (Lipinski definition) is 1. The van der Waals surface area contributed by atoms with Crippen LogP contribution in [0.15, 0.2) is 71.4 Å². The summed E-state index contributed by atoms with van der Waals surface area (Å²) in [5.74, 6) is 1.10. The van der Waals surface area contributed by atoms with Gasteiger partial charge in [-0.1, -0.05) is 24.3 Å². The fraction of sp³-hybridized carbons (Fsp3) is 0.200. The predicted octanol–water partition coefficient (Wildman–Crippen LogP) is 7.06. The lowest BCUT2D eigenvalue weighted by molar-refractivity contribution is -0.111. The number of aryl methyl sites for hydroxylation is 1. The van der Waals surface area contributed by atoms with Gasteiger partial charge in [0.15, 0.2) is 5.78 Å². The van der Waals surface area contributed by atoms with E-state index in [0.717, 1.165) is 44.5 Å². The van der Waals surface area contributed by atoms with Crippen LogP contribution < -0.4 is 14.8 Å². The average molecular weight is 484 g/mol. The maximum atomic E-state index is 12.9. The minimum atomic E-state index is -0.295. The van der Waals surface area contributed by atoms with E-state index in [1.54, 1.807) is 37.6 Å². The number of allylic oxidation sites excluding steroid dienone is 1. The number of methoxy groups -OCH3 is 1. The number of benzene rings is 3. The standard InChI is InChI=1S/C30H29NO5/c1-6-35-29-19(3)30-26(27(17-36-30)21-10-12-24(34-5)13-11-21)16-25(29)18(2)14-28(33)31-23-9-7-8-22(15-23)20(4)32/h7-17H,6H2,1-5H3,(H,31,33)/b18-14+. The molecule has 6 nitrogen and oxygen atoms in total. The molecular weight excluding hydrogens is 454 g/mol. The van der Waals surface area contributed by atoms with Crippen molar-refractivity contribution in [1.82, 2.24) is 0 Å². The Morgan fingerprint density at radius 1 is 1.06 bits per heavy atom. The summed E-state index contributed by atoms with van der Waals surface area (Å²) in [4.78, 5) is 24.5. The summed E-state index contributed by atoms with van der Waals surface area (Å²) in [5.41, 5.74) is 6.20. The Hall–Kier alpha value is -4.32. The molecule has 0 saturated heterocycles. The molecule has 0 aliphatic heterocycles. The van der Waals surface area contributed by atoms with Crippen LogP contribution in [-0.4, -0.2) is 25.4 Å². The second-order valence-electron chi connectivity index (χ2n) is 8.52. The number of anilines is 1. The van der Waals surface area contributed by atoms with Crippen LogP contribution in [0.1, 0.15) is 42.3 Å². The lowest BCUT2D eigenvalue weighted by Crippen LogP contribution is -2.09. The number of rotatable bonds is 8. The topological polar surface area (TPSA) is 77.8 Å². The maximum absolute atomic E-state index is 12.9. The molecule has 1 aromatic heterocycles. The predicted molar refractivity (Wildman–Crippen MR) is 143 cm³/mol. The molecule has 1 heterocycles. The number of nitrogens with one attached hydrogen (secondary N) is 1. The first-order valence-electron chi connectivity index (χ1n) is 11.7. The van der Waals surface area contributed by atoms with Gasteiger partial charge in [-0.15, -0.1) is 0 Å². The zero-order valence-corrected chi connectivity index (χ0v) is 21.1. The molecule has 4 rings (SSSR count). The van der Waals surface area contributed by atoms with Gasteiger partial charge in [-0.05, 0) is 69.2 Å². The van der Waals surface area contributed by atoms with Gasteiger partial charge in [0.25, 0.3) is 0 Å². The Kier molecular flexibility index (Phi) is 7.25. The zero-order chi connectivity index (χ0) is 25.8. The number of hydrogen-bond acceptors (Lipinski definition) is 5. The lowest BCUT2D eigenvalue weighted by atomic mass is 9.96. The van der Waals surface area contributed by atoms with Gasteiger partial charge in [0.2, 0.25) is 5.91 Å². The Labute approximate surface area is 210 Å². The monoisotopic (exact) mass is 483 g/mol. The van der Waals surface area contributed by atoms with E-state index in [2.05, 4.69) is 5.32 Å². The quantitative estimate of drug-likeness (QED) is 0.214. The van der Waals surface area contributed by atoms with Crippen LogP contribution in [0.3, 0.4) is 0 Å². The van der Waals surface area contributed by atoms with Gasteiger partial charge in [-0.2, -0.15) is 0 Å². The third kappa shape index (κ3) is 5.03. The number of Topliss-reactive ketones (excluding diaryl/α,β-unsaturated/α-hetero) is 1. The van der Waals surface area contributed by atoms with E-state index in [-0.39, 0.29) is 11.7 Å². The average Bonchev–Trinajstić information content (AvgIpc) is 3.30. The number of ether oxygens (including phenoxy) is 2. The molecule has 1 N–H and O–H groups in total. The fourth-order valence-electron chi connectivity index (χ4n) is 4.20.